The van der Waals surface area contributed by atoms with Gasteiger partial charge in [0.1, 0.15) is 5.69 Å². The lowest BCUT2D eigenvalue weighted by Gasteiger charge is -2.13. The van der Waals surface area contributed by atoms with Gasteiger partial charge in [0.2, 0.25) is 0 Å². The van der Waals surface area contributed by atoms with Gasteiger partial charge in [0, 0.05) is 24.9 Å². The molecule has 3 heterocycles. The molecular formula is C20H21N5. The number of nitrogens with zero attached hydrogens (tertiary/aromatic N) is 4. The minimum Gasteiger partial charge on any atom is -0.337 e. The van der Waals surface area contributed by atoms with Gasteiger partial charge in [0.15, 0.2) is 5.82 Å². The van der Waals surface area contributed by atoms with E-state index >= 15 is 0 Å². The van der Waals surface area contributed by atoms with Crippen molar-refractivity contribution in [2.45, 2.75) is 26.2 Å². The van der Waals surface area contributed by atoms with E-state index in [2.05, 4.69) is 54.0 Å². The summed E-state index contributed by atoms with van der Waals surface area (Å²) in [6.07, 6.45) is 3.61. The molecule has 1 N–H and O–H groups in total. The highest BCUT2D eigenvalue weighted by Crippen LogP contribution is 2.28. The number of aromatic amines is 1. The zero-order valence-electron chi connectivity index (χ0n) is 14.9. The van der Waals surface area contributed by atoms with E-state index in [1.165, 1.54) is 0 Å². The van der Waals surface area contributed by atoms with Crippen LogP contribution in [0.4, 0.5) is 0 Å². The van der Waals surface area contributed by atoms with Gasteiger partial charge in [-0.05, 0) is 41.5 Å². The molecule has 5 nitrogen and oxygen atoms in total. The van der Waals surface area contributed by atoms with E-state index in [0.29, 0.717) is 0 Å². The van der Waals surface area contributed by atoms with Crippen molar-refractivity contribution in [3.05, 3.63) is 54.5 Å². The Labute approximate surface area is 146 Å². The maximum absolute atomic E-state index is 4.75. The lowest BCUT2D eigenvalue weighted by Crippen LogP contribution is -2.12. The maximum Gasteiger partial charge on any atom is 0.156 e. The number of aryl methyl sites for hydroxylation is 1. The van der Waals surface area contributed by atoms with E-state index in [-0.39, 0.29) is 5.41 Å². The van der Waals surface area contributed by atoms with Gasteiger partial charge in [-0.2, -0.15) is 5.10 Å². The second-order valence-corrected chi connectivity index (χ2v) is 7.34. The third-order valence-electron chi connectivity index (χ3n) is 4.39. The van der Waals surface area contributed by atoms with Crippen LogP contribution in [0.5, 0.6) is 0 Å². The fourth-order valence-corrected chi connectivity index (χ4v) is 2.91. The smallest absolute Gasteiger partial charge is 0.156 e. The van der Waals surface area contributed by atoms with Gasteiger partial charge >= 0.3 is 0 Å². The topological polar surface area (TPSA) is 59.4 Å². The molecule has 0 atom stereocenters. The normalized spacial score (nSPS) is 12.0. The number of fused-ring (bicyclic) bond motifs is 1. The fraction of sp³-hybridized carbons (Fsp3) is 0.250. The van der Waals surface area contributed by atoms with Gasteiger partial charge in [0.05, 0.1) is 16.7 Å². The van der Waals surface area contributed by atoms with Crippen molar-refractivity contribution in [3.63, 3.8) is 0 Å². The molecule has 3 aromatic heterocycles. The Morgan fingerprint density at radius 2 is 1.72 bits per heavy atom. The van der Waals surface area contributed by atoms with Crippen LogP contribution in [-0.2, 0) is 12.5 Å². The third kappa shape index (κ3) is 2.82. The molecule has 0 bridgehead atoms. The first-order chi connectivity index (χ1) is 11.9. The second kappa shape index (κ2) is 5.55. The minimum absolute atomic E-state index is 0.0105. The summed E-state index contributed by atoms with van der Waals surface area (Å²) in [5.74, 6) is 0.840. The Bertz CT molecular complexity index is 1040. The average Bonchev–Trinajstić information content (AvgIpc) is 3.17. The van der Waals surface area contributed by atoms with E-state index in [1.54, 1.807) is 0 Å². The summed E-state index contributed by atoms with van der Waals surface area (Å²) in [5, 5.41) is 4.64. The summed E-state index contributed by atoms with van der Waals surface area (Å²) in [7, 11) is 1.96. The molecule has 0 amide bonds. The number of hydrogen-bond acceptors (Lipinski definition) is 3. The first-order valence-electron chi connectivity index (χ1n) is 8.37. The molecule has 0 spiro atoms. The molecule has 0 fully saturated rings. The molecule has 0 aliphatic carbocycles. The van der Waals surface area contributed by atoms with Crippen LogP contribution in [0.1, 0.15) is 26.5 Å². The lowest BCUT2D eigenvalue weighted by atomic mass is 9.92. The Hall–Kier alpha value is -2.95. The SMILES string of the molecule is Cn1nc(C(C)(C)C)cc1-c1nc2ccc(-c3ccncc3)cc2[nH]1. The molecule has 0 unspecified atom stereocenters. The number of benzene rings is 1. The van der Waals surface area contributed by atoms with Crippen molar-refractivity contribution in [2.75, 3.05) is 0 Å². The molecule has 4 rings (SSSR count). The zero-order valence-corrected chi connectivity index (χ0v) is 14.9. The third-order valence-corrected chi connectivity index (χ3v) is 4.39. The van der Waals surface area contributed by atoms with Crippen molar-refractivity contribution in [1.29, 1.82) is 0 Å². The number of aromatic nitrogens is 5. The Morgan fingerprint density at radius 3 is 2.40 bits per heavy atom. The van der Waals surface area contributed by atoms with Crippen LogP contribution in [0.2, 0.25) is 0 Å². The van der Waals surface area contributed by atoms with E-state index in [9.17, 15) is 0 Å². The Kier molecular flexibility index (Phi) is 3.46. The Balaban J connectivity index is 1.79. The van der Waals surface area contributed by atoms with Crippen molar-refractivity contribution >= 4 is 11.0 Å². The number of nitrogens with one attached hydrogen (secondary N) is 1. The number of rotatable bonds is 2. The summed E-state index contributed by atoms with van der Waals surface area (Å²) in [5.41, 5.74) is 6.31. The number of hydrogen-bond donors (Lipinski definition) is 1. The molecule has 5 heteroatoms. The summed E-state index contributed by atoms with van der Waals surface area (Å²) in [6.45, 7) is 6.50. The molecule has 0 saturated heterocycles. The zero-order chi connectivity index (χ0) is 17.6. The van der Waals surface area contributed by atoms with Gasteiger partial charge in [0.25, 0.3) is 0 Å². The largest absolute Gasteiger partial charge is 0.337 e. The standard InChI is InChI=1S/C20H21N5/c1-20(2,3)18-12-17(25(4)24-18)19-22-15-6-5-14(11-16(15)23-19)13-7-9-21-10-8-13/h5-12H,1-4H3,(H,22,23). The highest BCUT2D eigenvalue weighted by molar-refractivity contribution is 5.84. The van der Waals surface area contributed by atoms with E-state index in [1.807, 2.05) is 42.3 Å². The molecule has 1 aromatic carbocycles. The first kappa shape index (κ1) is 15.6. The van der Waals surface area contributed by atoms with Gasteiger partial charge in [-0.25, -0.2) is 4.98 Å². The van der Waals surface area contributed by atoms with Crippen molar-refractivity contribution < 1.29 is 0 Å². The molecule has 0 radical (unpaired) electrons. The fourth-order valence-electron chi connectivity index (χ4n) is 2.91. The van der Waals surface area contributed by atoms with Crippen LogP contribution in [0.3, 0.4) is 0 Å². The van der Waals surface area contributed by atoms with Crippen molar-refractivity contribution in [1.82, 2.24) is 24.7 Å². The summed E-state index contributed by atoms with van der Waals surface area (Å²) in [4.78, 5) is 12.3. The molecular weight excluding hydrogens is 310 g/mol. The van der Waals surface area contributed by atoms with E-state index < -0.39 is 0 Å². The van der Waals surface area contributed by atoms with Crippen LogP contribution in [0, 0.1) is 0 Å². The van der Waals surface area contributed by atoms with E-state index in [4.69, 9.17) is 4.98 Å². The predicted octanol–water partition coefficient (Wildman–Crippen LogP) is 4.32. The molecule has 4 aromatic rings. The van der Waals surface area contributed by atoms with Crippen LogP contribution in [0.15, 0.2) is 48.8 Å². The molecule has 0 aliphatic heterocycles. The van der Waals surface area contributed by atoms with Crippen LogP contribution < -0.4 is 0 Å². The summed E-state index contributed by atoms with van der Waals surface area (Å²) >= 11 is 0. The van der Waals surface area contributed by atoms with Crippen LogP contribution >= 0.6 is 0 Å². The van der Waals surface area contributed by atoms with E-state index in [0.717, 1.165) is 39.4 Å². The van der Waals surface area contributed by atoms with Crippen molar-refractivity contribution in [2.24, 2.45) is 7.05 Å². The van der Waals surface area contributed by atoms with Gasteiger partial charge in [-0.1, -0.05) is 26.8 Å². The maximum atomic E-state index is 4.75. The minimum atomic E-state index is 0.0105. The summed E-state index contributed by atoms with van der Waals surface area (Å²) in [6, 6.07) is 12.4. The predicted molar refractivity (Wildman–Crippen MR) is 100 cm³/mol. The van der Waals surface area contributed by atoms with Crippen LogP contribution in [-0.4, -0.2) is 24.7 Å². The highest BCUT2D eigenvalue weighted by Gasteiger charge is 2.20. The quantitative estimate of drug-likeness (QED) is 0.595. The number of pyridine rings is 1. The lowest BCUT2D eigenvalue weighted by molar-refractivity contribution is 0.553. The second-order valence-electron chi connectivity index (χ2n) is 7.34. The van der Waals surface area contributed by atoms with Gasteiger partial charge in [-0.3, -0.25) is 9.67 Å². The van der Waals surface area contributed by atoms with Crippen LogP contribution in [0.25, 0.3) is 33.7 Å². The van der Waals surface area contributed by atoms with Gasteiger partial charge < -0.3 is 4.98 Å². The Morgan fingerprint density at radius 1 is 0.960 bits per heavy atom. The first-order valence-corrected chi connectivity index (χ1v) is 8.37. The monoisotopic (exact) mass is 331 g/mol. The summed E-state index contributed by atoms with van der Waals surface area (Å²) < 4.78 is 1.89. The number of imidazole rings is 1. The molecule has 25 heavy (non-hydrogen) atoms. The van der Waals surface area contributed by atoms with Gasteiger partial charge in [-0.15, -0.1) is 0 Å². The average molecular weight is 331 g/mol. The highest BCUT2D eigenvalue weighted by atomic mass is 15.3. The van der Waals surface area contributed by atoms with Crippen molar-refractivity contribution in [3.8, 4) is 22.6 Å². The number of H-pyrrole nitrogens is 1. The molecule has 126 valence electrons. The molecule has 0 saturated carbocycles. The molecule has 0 aliphatic rings.